The third-order valence-corrected chi connectivity index (χ3v) is 2.38. The molecule has 0 fully saturated rings. The molecule has 0 aliphatic carbocycles. The van der Waals surface area contributed by atoms with Crippen molar-refractivity contribution in [2.45, 2.75) is 40.0 Å². The first-order valence-corrected chi connectivity index (χ1v) is 5.58. The number of hydrogen-bond donors (Lipinski definition) is 1. The summed E-state index contributed by atoms with van der Waals surface area (Å²) in [5.74, 6) is 1.98. The second-order valence-electron chi connectivity index (χ2n) is 4.63. The molecule has 0 bridgehead atoms. The molecule has 0 amide bonds. The Morgan fingerprint density at radius 1 is 1.20 bits per heavy atom. The van der Waals surface area contributed by atoms with E-state index in [-0.39, 0.29) is 0 Å². The summed E-state index contributed by atoms with van der Waals surface area (Å²) >= 11 is 0. The molecule has 0 saturated carbocycles. The van der Waals surface area contributed by atoms with Crippen molar-refractivity contribution >= 4 is 5.82 Å². The second-order valence-corrected chi connectivity index (χ2v) is 4.63. The second kappa shape index (κ2) is 5.10. The topological polar surface area (TPSA) is 37.8 Å². The van der Waals surface area contributed by atoms with Crippen LogP contribution in [-0.2, 0) is 6.42 Å². The molecule has 1 aromatic heterocycles. The SMILES string of the molecule is CNc1cc(C(C)C)c(CC(C)C)nn1. The predicted octanol–water partition coefficient (Wildman–Crippen LogP) is 2.84. The summed E-state index contributed by atoms with van der Waals surface area (Å²) in [6, 6.07) is 2.11. The zero-order valence-corrected chi connectivity index (χ0v) is 10.3. The van der Waals surface area contributed by atoms with Crippen molar-refractivity contribution in [2.75, 3.05) is 12.4 Å². The van der Waals surface area contributed by atoms with Gasteiger partial charge in [0, 0.05) is 7.05 Å². The number of nitrogens with one attached hydrogen (secondary N) is 1. The highest BCUT2D eigenvalue weighted by Crippen LogP contribution is 2.21. The fraction of sp³-hybridized carbons (Fsp3) is 0.667. The third kappa shape index (κ3) is 3.18. The van der Waals surface area contributed by atoms with Gasteiger partial charge in [0.25, 0.3) is 0 Å². The lowest BCUT2D eigenvalue weighted by atomic mass is 9.97. The molecule has 1 aromatic rings. The maximum atomic E-state index is 4.30. The zero-order valence-electron chi connectivity index (χ0n) is 10.3. The normalized spacial score (nSPS) is 11.1. The van der Waals surface area contributed by atoms with Crippen LogP contribution in [0.1, 0.15) is 44.9 Å². The van der Waals surface area contributed by atoms with Gasteiger partial charge in [-0.2, -0.15) is 5.10 Å². The number of anilines is 1. The molecule has 0 aliphatic heterocycles. The van der Waals surface area contributed by atoms with Gasteiger partial charge >= 0.3 is 0 Å². The van der Waals surface area contributed by atoms with Crippen LogP contribution in [0.3, 0.4) is 0 Å². The Morgan fingerprint density at radius 3 is 2.33 bits per heavy atom. The van der Waals surface area contributed by atoms with Gasteiger partial charge < -0.3 is 5.32 Å². The van der Waals surface area contributed by atoms with Crippen molar-refractivity contribution in [2.24, 2.45) is 5.92 Å². The quantitative estimate of drug-likeness (QED) is 0.825. The first-order valence-electron chi connectivity index (χ1n) is 5.58. The van der Waals surface area contributed by atoms with Crippen LogP contribution < -0.4 is 5.32 Å². The van der Waals surface area contributed by atoms with Crippen LogP contribution in [0.2, 0.25) is 0 Å². The Hall–Kier alpha value is -1.12. The number of aromatic nitrogens is 2. The van der Waals surface area contributed by atoms with Gasteiger partial charge in [-0.1, -0.05) is 27.7 Å². The van der Waals surface area contributed by atoms with Gasteiger partial charge in [0.05, 0.1) is 5.69 Å². The van der Waals surface area contributed by atoms with Crippen LogP contribution in [0.5, 0.6) is 0 Å². The first kappa shape index (κ1) is 12.0. The standard InChI is InChI=1S/C12H21N3/c1-8(2)6-11-10(9(3)4)7-12(13-5)15-14-11/h7-9H,6H2,1-5H3,(H,13,15). The lowest BCUT2D eigenvalue weighted by Gasteiger charge is -2.13. The highest BCUT2D eigenvalue weighted by Gasteiger charge is 2.11. The summed E-state index contributed by atoms with van der Waals surface area (Å²) in [6.07, 6.45) is 1.00. The molecule has 0 radical (unpaired) electrons. The molecule has 84 valence electrons. The van der Waals surface area contributed by atoms with Crippen molar-refractivity contribution < 1.29 is 0 Å². The molecule has 0 unspecified atom stereocenters. The number of hydrogen-bond acceptors (Lipinski definition) is 3. The van der Waals surface area contributed by atoms with E-state index in [4.69, 9.17) is 0 Å². The Balaban J connectivity index is 3.03. The molecular formula is C12H21N3. The lowest BCUT2D eigenvalue weighted by molar-refractivity contribution is 0.616. The van der Waals surface area contributed by atoms with Gasteiger partial charge in [-0.25, -0.2) is 0 Å². The van der Waals surface area contributed by atoms with Crippen molar-refractivity contribution in [3.8, 4) is 0 Å². The van der Waals surface area contributed by atoms with E-state index in [1.54, 1.807) is 0 Å². The van der Waals surface area contributed by atoms with E-state index in [2.05, 4.69) is 49.3 Å². The maximum Gasteiger partial charge on any atom is 0.148 e. The van der Waals surface area contributed by atoms with E-state index in [1.807, 2.05) is 7.05 Å². The Morgan fingerprint density at radius 2 is 1.87 bits per heavy atom. The molecule has 0 aromatic carbocycles. The van der Waals surface area contributed by atoms with Crippen LogP contribution in [0.4, 0.5) is 5.82 Å². The molecule has 0 aliphatic rings. The monoisotopic (exact) mass is 207 g/mol. The van der Waals surface area contributed by atoms with Crippen LogP contribution >= 0.6 is 0 Å². The molecule has 3 heteroatoms. The lowest BCUT2D eigenvalue weighted by Crippen LogP contribution is -2.07. The smallest absolute Gasteiger partial charge is 0.148 e. The van der Waals surface area contributed by atoms with Crippen molar-refractivity contribution in [3.05, 3.63) is 17.3 Å². The van der Waals surface area contributed by atoms with Crippen LogP contribution in [0, 0.1) is 5.92 Å². The predicted molar refractivity (Wildman–Crippen MR) is 64.2 cm³/mol. The minimum Gasteiger partial charge on any atom is -0.372 e. The van der Waals surface area contributed by atoms with Crippen molar-refractivity contribution in [1.29, 1.82) is 0 Å². The van der Waals surface area contributed by atoms with E-state index in [9.17, 15) is 0 Å². The summed E-state index contributed by atoms with van der Waals surface area (Å²) in [5.41, 5.74) is 2.45. The molecule has 3 nitrogen and oxygen atoms in total. The highest BCUT2D eigenvalue weighted by atomic mass is 15.2. The fourth-order valence-electron chi connectivity index (χ4n) is 1.60. The highest BCUT2D eigenvalue weighted by molar-refractivity contribution is 5.38. The van der Waals surface area contributed by atoms with Gasteiger partial charge in [-0.15, -0.1) is 5.10 Å². The maximum absolute atomic E-state index is 4.30. The first-order chi connectivity index (χ1) is 7.04. The molecule has 15 heavy (non-hydrogen) atoms. The fourth-order valence-corrected chi connectivity index (χ4v) is 1.60. The van der Waals surface area contributed by atoms with Gasteiger partial charge in [0.2, 0.25) is 0 Å². The zero-order chi connectivity index (χ0) is 11.4. The van der Waals surface area contributed by atoms with Crippen molar-refractivity contribution in [1.82, 2.24) is 10.2 Å². The summed E-state index contributed by atoms with van der Waals surface area (Å²) in [6.45, 7) is 8.80. The summed E-state index contributed by atoms with van der Waals surface area (Å²) in [5, 5.41) is 11.5. The van der Waals surface area contributed by atoms with E-state index in [0.717, 1.165) is 17.9 Å². The Kier molecular flexibility index (Phi) is 4.06. The van der Waals surface area contributed by atoms with E-state index in [0.29, 0.717) is 11.8 Å². The molecule has 0 atom stereocenters. The van der Waals surface area contributed by atoms with E-state index in [1.165, 1.54) is 5.56 Å². The van der Waals surface area contributed by atoms with Crippen LogP contribution in [0.15, 0.2) is 6.07 Å². The van der Waals surface area contributed by atoms with Gasteiger partial charge in [0.15, 0.2) is 0 Å². The minimum atomic E-state index is 0.501. The van der Waals surface area contributed by atoms with Crippen LogP contribution in [0.25, 0.3) is 0 Å². The van der Waals surface area contributed by atoms with Gasteiger partial charge in [-0.3, -0.25) is 0 Å². The number of nitrogens with zero attached hydrogens (tertiary/aromatic N) is 2. The van der Waals surface area contributed by atoms with Gasteiger partial charge in [-0.05, 0) is 29.9 Å². The average molecular weight is 207 g/mol. The largest absolute Gasteiger partial charge is 0.372 e. The summed E-state index contributed by atoms with van der Waals surface area (Å²) in [7, 11) is 1.87. The third-order valence-electron chi connectivity index (χ3n) is 2.38. The summed E-state index contributed by atoms with van der Waals surface area (Å²) in [4.78, 5) is 0. The van der Waals surface area contributed by atoms with E-state index >= 15 is 0 Å². The number of rotatable bonds is 4. The molecule has 0 spiro atoms. The van der Waals surface area contributed by atoms with Gasteiger partial charge in [0.1, 0.15) is 5.82 Å². The molecule has 1 heterocycles. The van der Waals surface area contributed by atoms with Crippen LogP contribution in [-0.4, -0.2) is 17.2 Å². The molecule has 0 saturated heterocycles. The molecule has 1 rings (SSSR count). The van der Waals surface area contributed by atoms with E-state index < -0.39 is 0 Å². The average Bonchev–Trinajstić information content (AvgIpc) is 2.17. The minimum absolute atomic E-state index is 0.501. The Bertz CT molecular complexity index is 319. The molecular weight excluding hydrogens is 186 g/mol. The molecule has 1 N–H and O–H groups in total. The summed E-state index contributed by atoms with van der Waals surface area (Å²) < 4.78 is 0. The van der Waals surface area contributed by atoms with Crippen molar-refractivity contribution in [3.63, 3.8) is 0 Å². The Labute approximate surface area is 92.3 Å².